The van der Waals surface area contributed by atoms with Crippen molar-refractivity contribution in [3.63, 3.8) is 0 Å². The monoisotopic (exact) mass is 302 g/mol. The van der Waals surface area contributed by atoms with Gasteiger partial charge in [-0.3, -0.25) is 4.90 Å². The second-order valence-corrected chi connectivity index (χ2v) is 7.34. The van der Waals surface area contributed by atoms with Crippen molar-refractivity contribution >= 4 is 27.0 Å². The van der Waals surface area contributed by atoms with Crippen LogP contribution in [0.15, 0.2) is 18.2 Å². The van der Waals surface area contributed by atoms with Gasteiger partial charge in [0.2, 0.25) is 0 Å². The number of hydrogen-bond donors (Lipinski definition) is 1. The molecular weight excluding hydrogens is 287 g/mol. The fourth-order valence-electron chi connectivity index (χ4n) is 1.98. The summed E-state index contributed by atoms with van der Waals surface area (Å²) in [4.78, 5) is 2.09. The fraction of sp³-hybridized carbons (Fsp3) is 0.417. The Balaban J connectivity index is 2.06. The smallest absolute Gasteiger partial charge is 0.152 e. The average molecular weight is 302 g/mol. The number of halogens is 1. The zero-order valence-corrected chi connectivity index (χ0v) is 11.9. The van der Waals surface area contributed by atoms with Crippen molar-refractivity contribution in [3.05, 3.63) is 35.1 Å². The SMILES string of the molecule is NC(=S)c1ccc(CN2CCS(=O)(=O)CC2)c(F)c1. The van der Waals surface area contributed by atoms with E-state index in [0.29, 0.717) is 30.8 Å². The van der Waals surface area contributed by atoms with Gasteiger partial charge in [-0.1, -0.05) is 24.4 Å². The molecule has 104 valence electrons. The minimum absolute atomic E-state index is 0.138. The summed E-state index contributed by atoms with van der Waals surface area (Å²) in [6, 6.07) is 4.65. The minimum atomic E-state index is -2.91. The third-order valence-corrected chi connectivity index (χ3v) is 5.01. The van der Waals surface area contributed by atoms with Gasteiger partial charge in [0, 0.05) is 30.8 Å². The van der Waals surface area contributed by atoms with Crippen LogP contribution < -0.4 is 5.73 Å². The van der Waals surface area contributed by atoms with Crippen molar-refractivity contribution in [3.8, 4) is 0 Å². The van der Waals surface area contributed by atoms with Gasteiger partial charge in [0.05, 0.1) is 11.5 Å². The first-order valence-corrected chi connectivity index (χ1v) is 8.11. The summed E-state index contributed by atoms with van der Waals surface area (Å²) in [5.41, 5.74) is 6.46. The van der Waals surface area contributed by atoms with Gasteiger partial charge < -0.3 is 5.73 Å². The van der Waals surface area contributed by atoms with E-state index in [1.807, 2.05) is 4.90 Å². The molecule has 0 atom stereocenters. The van der Waals surface area contributed by atoms with Crippen LogP contribution in [0.3, 0.4) is 0 Å². The van der Waals surface area contributed by atoms with Gasteiger partial charge in [0.25, 0.3) is 0 Å². The topological polar surface area (TPSA) is 63.4 Å². The van der Waals surface area contributed by atoms with Gasteiger partial charge in [0.15, 0.2) is 9.84 Å². The van der Waals surface area contributed by atoms with Crippen molar-refractivity contribution in [1.29, 1.82) is 0 Å². The molecule has 0 saturated carbocycles. The largest absolute Gasteiger partial charge is 0.389 e. The Morgan fingerprint density at radius 1 is 1.37 bits per heavy atom. The molecule has 0 radical (unpaired) electrons. The summed E-state index contributed by atoms with van der Waals surface area (Å²) in [6.45, 7) is 1.29. The number of thiocarbonyl (C=S) groups is 1. The second kappa shape index (κ2) is 5.52. The summed E-state index contributed by atoms with van der Waals surface area (Å²) in [7, 11) is -2.91. The molecule has 7 heteroatoms. The molecule has 0 aromatic heterocycles. The molecule has 4 nitrogen and oxygen atoms in total. The van der Waals surface area contributed by atoms with E-state index in [2.05, 4.69) is 0 Å². The Morgan fingerprint density at radius 2 is 2.00 bits per heavy atom. The highest BCUT2D eigenvalue weighted by Gasteiger charge is 2.22. The number of benzene rings is 1. The molecule has 1 aliphatic rings. The maximum atomic E-state index is 13.9. The average Bonchev–Trinajstić information content (AvgIpc) is 2.34. The van der Waals surface area contributed by atoms with E-state index in [-0.39, 0.29) is 22.3 Å². The molecule has 1 heterocycles. The Bertz CT molecular complexity index is 588. The first kappa shape index (κ1) is 14.4. The summed E-state index contributed by atoms with van der Waals surface area (Å²) >= 11 is 4.79. The highest BCUT2D eigenvalue weighted by Crippen LogP contribution is 2.15. The molecule has 1 aromatic rings. The maximum absolute atomic E-state index is 13.9. The molecule has 2 rings (SSSR count). The van der Waals surface area contributed by atoms with E-state index >= 15 is 0 Å². The van der Waals surface area contributed by atoms with E-state index in [4.69, 9.17) is 18.0 Å². The maximum Gasteiger partial charge on any atom is 0.152 e. The molecule has 0 amide bonds. The van der Waals surface area contributed by atoms with Crippen LogP contribution in [0.2, 0.25) is 0 Å². The summed E-state index contributed by atoms with van der Waals surface area (Å²) in [6.07, 6.45) is 0. The Hall–Kier alpha value is -1.05. The van der Waals surface area contributed by atoms with Crippen molar-refractivity contribution in [2.75, 3.05) is 24.6 Å². The molecule has 1 aromatic carbocycles. The Labute approximate surface area is 117 Å². The van der Waals surface area contributed by atoms with Gasteiger partial charge >= 0.3 is 0 Å². The van der Waals surface area contributed by atoms with Gasteiger partial charge in [-0.15, -0.1) is 0 Å². The molecule has 1 fully saturated rings. The van der Waals surface area contributed by atoms with Gasteiger partial charge in [-0.25, -0.2) is 12.8 Å². The number of sulfone groups is 1. The van der Waals surface area contributed by atoms with Crippen molar-refractivity contribution < 1.29 is 12.8 Å². The predicted molar refractivity (Wildman–Crippen MR) is 76.2 cm³/mol. The zero-order valence-electron chi connectivity index (χ0n) is 10.3. The van der Waals surface area contributed by atoms with Gasteiger partial charge in [0.1, 0.15) is 10.8 Å². The number of rotatable bonds is 3. The van der Waals surface area contributed by atoms with Crippen molar-refractivity contribution in [2.24, 2.45) is 5.73 Å². The zero-order chi connectivity index (χ0) is 14.0. The van der Waals surface area contributed by atoms with E-state index in [0.717, 1.165) is 0 Å². The van der Waals surface area contributed by atoms with Gasteiger partial charge in [-0.2, -0.15) is 0 Å². The quantitative estimate of drug-likeness (QED) is 0.832. The molecule has 2 N–H and O–H groups in total. The van der Waals surface area contributed by atoms with Crippen LogP contribution in [0, 0.1) is 5.82 Å². The highest BCUT2D eigenvalue weighted by molar-refractivity contribution is 7.91. The number of nitrogens with two attached hydrogens (primary N) is 1. The first-order chi connectivity index (χ1) is 8.87. The summed E-state index contributed by atoms with van der Waals surface area (Å²) in [5.74, 6) is -0.0853. The Kier molecular flexibility index (Phi) is 4.17. The Morgan fingerprint density at radius 3 is 2.53 bits per heavy atom. The molecule has 1 saturated heterocycles. The molecule has 0 aliphatic carbocycles. The molecule has 0 unspecified atom stereocenters. The predicted octanol–water partition coefficient (Wildman–Crippen LogP) is 0.690. The van der Waals surface area contributed by atoms with Crippen molar-refractivity contribution in [1.82, 2.24) is 4.90 Å². The fourth-order valence-corrected chi connectivity index (χ4v) is 3.38. The third-order valence-electron chi connectivity index (χ3n) is 3.17. The lowest BCUT2D eigenvalue weighted by atomic mass is 10.1. The highest BCUT2D eigenvalue weighted by atomic mass is 32.2. The molecule has 1 aliphatic heterocycles. The van der Waals surface area contributed by atoms with Crippen LogP contribution >= 0.6 is 12.2 Å². The molecule has 19 heavy (non-hydrogen) atoms. The summed E-state index contributed by atoms with van der Waals surface area (Å²) in [5, 5.41) is 0. The van der Waals surface area contributed by atoms with Crippen LogP contribution in [-0.2, 0) is 16.4 Å². The lowest BCUT2D eigenvalue weighted by Crippen LogP contribution is -2.39. The molecular formula is C12H15FN2O2S2. The van der Waals surface area contributed by atoms with Crippen LogP contribution in [0.5, 0.6) is 0 Å². The third kappa shape index (κ3) is 3.71. The summed E-state index contributed by atoms with van der Waals surface area (Å²) < 4.78 is 36.5. The van der Waals surface area contributed by atoms with Crippen LogP contribution in [0.25, 0.3) is 0 Å². The van der Waals surface area contributed by atoms with E-state index in [1.165, 1.54) is 6.07 Å². The van der Waals surface area contributed by atoms with Crippen molar-refractivity contribution in [2.45, 2.75) is 6.54 Å². The lowest BCUT2D eigenvalue weighted by Gasteiger charge is -2.26. The first-order valence-electron chi connectivity index (χ1n) is 5.88. The molecule has 0 spiro atoms. The number of hydrogen-bond acceptors (Lipinski definition) is 4. The van der Waals surface area contributed by atoms with Gasteiger partial charge in [-0.05, 0) is 6.07 Å². The number of nitrogens with zero attached hydrogens (tertiary/aromatic N) is 1. The minimum Gasteiger partial charge on any atom is -0.389 e. The standard InChI is InChI=1S/C12H15FN2O2S2/c13-11-7-9(12(14)18)1-2-10(11)8-15-3-5-19(16,17)6-4-15/h1-2,7H,3-6,8H2,(H2,14,18). The van der Waals surface area contributed by atoms with Crippen LogP contribution in [-0.4, -0.2) is 42.9 Å². The van der Waals surface area contributed by atoms with E-state index in [9.17, 15) is 12.8 Å². The normalized spacial score (nSPS) is 19.2. The van der Waals surface area contributed by atoms with E-state index < -0.39 is 9.84 Å². The second-order valence-electron chi connectivity index (χ2n) is 4.60. The lowest BCUT2D eigenvalue weighted by molar-refractivity contribution is 0.283. The van der Waals surface area contributed by atoms with Crippen LogP contribution in [0.1, 0.15) is 11.1 Å². The molecule has 0 bridgehead atoms. The van der Waals surface area contributed by atoms with E-state index in [1.54, 1.807) is 12.1 Å². The van der Waals surface area contributed by atoms with Crippen LogP contribution in [0.4, 0.5) is 4.39 Å².